The Bertz CT molecular complexity index is 632. The molecular formula is C18H27N5S. The molecule has 0 aliphatic carbocycles. The van der Waals surface area contributed by atoms with Gasteiger partial charge in [0.2, 0.25) is 0 Å². The molecule has 0 saturated carbocycles. The molecule has 1 heterocycles. The van der Waals surface area contributed by atoms with Crippen LogP contribution < -0.4 is 10.6 Å². The second kappa shape index (κ2) is 8.78. The monoisotopic (exact) mass is 345 g/mol. The summed E-state index contributed by atoms with van der Waals surface area (Å²) in [7, 11) is 0. The van der Waals surface area contributed by atoms with E-state index < -0.39 is 0 Å². The van der Waals surface area contributed by atoms with Gasteiger partial charge in [0, 0.05) is 30.2 Å². The fourth-order valence-corrected chi connectivity index (χ4v) is 2.27. The zero-order chi connectivity index (χ0) is 17.4. The van der Waals surface area contributed by atoms with Gasteiger partial charge in [0.25, 0.3) is 0 Å². The molecule has 0 bridgehead atoms. The molecule has 0 radical (unpaired) electrons. The highest BCUT2D eigenvalue weighted by molar-refractivity contribution is 7.99. The lowest BCUT2D eigenvalue weighted by atomic mass is 10.2. The highest BCUT2D eigenvalue weighted by Crippen LogP contribution is 2.19. The average Bonchev–Trinajstić information content (AvgIpc) is 3.12. The predicted molar refractivity (Wildman–Crippen MR) is 104 cm³/mol. The predicted octanol–water partition coefficient (Wildman–Crippen LogP) is 3.07. The smallest absolute Gasteiger partial charge is 0.191 e. The van der Waals surface area contributed by atoms with E-state index in [1.165, 1.54) is 5.56 Å². The lowest BCUT2D eigenvalue weighted by molar-refractivity contribution is 0.665. The summed E-state index contributed by atoms with van der Waals surface area (Å²) in [6, 6.07) is 10.2. The van der Waals surface area contributed by atoms with Crippen LogP contribution in [0.5, 0.6) is 0 Å². The van der Waals surface area contributed by atoms with Crippen LogP contribution in [0, 0.1) is 0 Å². The molecule has 2 rings (SSSR count). The van der Waals surface area contributed by atoms with Gasteiger partial charge in [-0.25, -0.2) is 9.67 Å². The summed E-state index contributed by atoms with van der Waals surface area (Å²) >= 11 is 1.85. The van der Waals surface area contributed by atoms with Crippen LogP contribution in [0.4, 0.5) is 0 Å². The van der Waals surface area contributed by atoms with Gasteiger partial charge in [-0.3, -0.25) is 0 Å². The van der Waals surface area contributed by atoms with Gasteiger partial charge in [-0.05, 0) is 50.8 Å². The Morgan fingerprint density at radius 2 is 2.00 bits per heavy atom. The van der Waals surface area contributed by atoms with E-state index in [1.54, 1.807) is 6.20 Å². The van der Waals surface area contributed by atoms with E-state index in [4.69, 9.17) is 0 Å². The Labute approximate surface area is 148 Å². The molecule has 24 heavy (non-hydrogen) atoms. The third-order valence-corrected chi connectivity index (χ3v) is 4.95. The van der Waals surface area contributed by atoms with Gasteiger partial charge in [-0.15, -0.1) is 0 Å². The normalized spacial score (nSPS) is 12.2. The number of guanidine groups is 1. The number of hydrogen-bond acceptors (Lipinski definition) is 3. The van der Waals surface area contributed by atoms with Crippen molar-refractivity contribution in [3.8, 4) is 5.69 Å². The number of hydrogen-bond donors (Lipinski definition) is 2. The van der Waals surface area contributed by atoms with E-state index in [2.05, 4.69) is 72.0 Å². The topological polar surface area (TPSA) is 54.2 Å². The average molecular weight is 346 g/mol. The minimum absolute atomic E-state index is 0.182. The molecule has 0 saturated heterocycles. The van der Waals surface area contributed by atoms with Gasteiger partial charge in [-0.1, -0.05) is 12.1 Å². The van der Waals surface area contributed by atoms with E-state index >= 15 is 0 Å². The van der Waals surface area contributed by atoms with Crippen molar-refractivity contribution < 1.29 is 0 Å². The van der Waals surface area contributed by atoms with Gasteiger partial charge in [0.15, 0.2) is 5.96 Å². The quantitative estimate of drug-likeness (QED) is 0.598. The molecule has 2 N–H and O–H groups in total. The molecule has 2 aromatic rings. The first-order chi connectivity index (χ1) is 11.5. The minimum atomic E-state index is 0.182. The molecule has 0 atom stereocenters. The van der Waals surface area contributed by atoms with E-state index in [1.807, 2.05) is 28.7 Å². The van der Waals surface area contributed by atoms with Gasteiger partial charge >= 0.3 is 0 Å². The number of benzene rings is 1. The fraction of sp³-hybridized carbons (Fsp3) is 0.444. The molecule has 0 unspecified atom stereocenters. The highest BCUT2D eigenvalue weighted by Gasteiger charge is 2.15. The maximum Gasteiger partial charge on any atom is 0.191 e. The number of aliphatic imine (C=N–C) groups is 1. The Morgan fingerprint density at radius 3 is 2.58 bits per heavy atom. The maximum absolute atomic E-state index is 4.68. The lowest BCUT2D eigenvalue weighted by Gasteiger charge is -2.23. The molecule has 5 nitrogen and oxygen atoms in total. The Hall–Kier alpha value is -1.95. The van der Waals surface area contributed by atoms with Crippen LogP contribution in [0.15, 0.2) is 47.7 Å². The zero-order valence-corrected chi connectivity index (χ0v) is 15.7. The summed E-state index contributed by atoms with van der Waals surface area (Å²) < 4.78 is 2.03. The first-order valence-electron chi connectivity index (χ1n) is 8.20. The summed E-state index contributed by atoms with van der Waals surface area (Å²) in [6.45, 7) is 8.90. The van der Waals surface area contributed by atoms with Crippen molar-refractivity contribution in [3.05, 3.63) is 48.3 Å². The standard InChI is InChI=1S/C18H27N5S/c1-5-19-17(21-14-18(2,3)24-4)20-13-15-7-9-16(10-8-15)23-12-6-11-22-23/h6-12H,5,13-14H2,1-4H3,(H2,19,20,21). The SMILES string of the molecule is CCNC(=NCc1ccc(-n2cccn2)cc1)NCC(C)(C)SC. The fourth-order valence-electron chi connectivity index (χ4n) is 2.06. The van der Waals surface area contributed by atoms with Crippen LogP contribution >= 0.6 is 11.8 Å². The molecule has 130 valence electrons. The summed E-state index contributed by atoms with van der Waals surface area (Å²) in [5.41, 5.74) is 2.23. The molecule has 0 aliphatic rings. The van der Waals surface area contributed by atoms with Crippen molar-refractivity contribution in [2.45, 2.75) is 32.1 Å². The van der Waals surface area contributed by atoms with Crippen molar-refractivity contribution in [2.24, 2.45) is 4.99 Å². The lowest BCUT2D eigenvalue weighted by Crippen LogP contribution is -2.43. The Balaban J connectivity index is 1.97. The number of nitrogens with one attached hydrogen (secondary N) is 2. The second-order valence-electron chi connectivity index (χ2n) is 6.13. The van der Waals surface area contributed by atoms with Crippen molar-refractivity contribution in [1.29, 1.82) is 0 Å². The first-order valence-corrected chi connectivity index (χ1v) is 9.43. The minimum Gasteiger partial charge on any atom is -0.357 e. The summed E-state index contributed by atoms with van der Waals surface area (Å²) in [4.78, 5) is 4.68. The zero-order valence-electron chi connectivity index (χ0n) is 14.9. The van der Waals surface area contributed by atoms with Crippen molar-refractivity contribution in [2.75, 3.05) is 19.3 Å². The molecule has 0 amide bonds. The molecule has 0 spiro atoms. The largest absolute Gasteiger partial charge is 0.357 e. The summed E-state index contributed by atoms with van der Waals surface area (Å²) in [6.07, 6.45) is 5.85. The van der Waals surface area contributed by atoms with Gasteiger partial charge in [0.1, 0.15) is 0 Å². The number of thioether (sulfide) groups is 1. The van der Waals surface area contributed by atoms with Crippen molar-refractivity contribution >= 4 is 17.7 Å². The van der Waals surface area contributed by atoms with Crippen molar-refractivity contribution in [1.82, 2.24) is 20.4 Å². The summed E-state index contributed by atoms with van der Waals surface area (Å²) in [5, 5.41) is 11.0. The number of aromatic nitrogens is 2. The molecule has 1 aromatic carbocycles. The first kappa shape index (κ1) is 18.4. The van der Waals surface area contributed by atoms with E-state index in [0.717, 1.165) is 24.7 Å². The molecular weight excluding hydrogens is 318 g/mol. The van der Waals surface area contributed by atoms with E-state index in [0.29, 0.717) is 6.54 Å². The van der Waals surface area contributed by atoms with Crippen LogP contribution in [0.3, 0.4) is 0 Å². The van der Waals surface area contributed by atoms with E-state index in [9.17, 15) is 0 Å². The van der Waals surface area contributed by atoms with Crippen LogP contribution in [0.1, 0.15) is 26.3 Å². The van der Waals surface area contributed by atoms with Gasteiger partial charge in [0.05, 0.1) is 12.2 Å². The third-order valence-electron chi connectivity index (χ3n) is 3.70. The van der Waals surface area contributed by atoms with Crippen LogP contribution in [-0.2, 0) is 6.54 Å². The number of nitrogens with zero attached hydrogens (tertiary/aromatic N) is 3. The Kier molecular flexibility index (Phi) is 6.73. The molecule has 6 heteroatoms. The highest BCUT2D eigenvalue weighted by atomic mass is 32.2. The van der Waals surface area contributed by atoms with Crippen LogP contribution in [0.2, 0.25) is 0 Å². The van der Waals surface area contributed by atoms with Crippen LogP contribution in [0.25, 0.3) is 5.69 Å². The maximum atomic E-state index is 4.68. The Morgan fingerprint density at radius 1 is 1.25 bits per heavy atom. The number of rotatable bonds is 7. The molecule has 1 aromatic heterocycles. The van der Waals surface area contributed by atoms with Gasteiger partial charge < -0.3 is 10.6 Å². The van der Waals surface area contributed by atoms with Crippen LogP contribution in [-0.4, -0.2) is 39.8 Å². The van der Waals surface area contributed by atoms with E-state index in [-0.39, 0.29) is 4.75 Å². The van der Waals surface area contributed by atoms with Crippen molar-refractivity contribution in [3.63, 3.8) is 0 Å². The molecule has 0 fully saturated rings. The molecule has 0 aliphatic heterocycles. The summed E-state index contributed by atoms with van der Waals surface area (Å²) in [5.74, 6) is 0.857. The third kappa shape index (κ3) is 5.60. The second-order valence-corrected chi connectivity index (χ2v) is 7.64. The van der Waals surface area contributed by atoms with Gasteiger partial charge in [-0.2, -0.15) is 16.9 Å².